The third-order valence-electron chi connectivity index (χ3n) is 4.60. The molecule has 0 amide bonds. The lowest BCUT2D eigenvalue weighted by atomic mass is 9.98. The molecule has 0 spiro atoms. The summed E-state index contributed by atoms with van der Waals surface area (Å²) in [6.07, 6.45) is 0.199. The van der Waals surface area contributed by atoms with Gasteiger partial charge in [0.1, 0.15) is 0 Å². The van der Waals surface area contributed by atoms with E-state index in [0.717, 1.165) is 27.9 Å². The zero-order valence-electron chi connectivity index (χ0n) is 14.0. The number of nitro benzene ring substituents is 1. The van der Waals surface area contributed by atoms with Crippen LogP contribution in [0.5, 0.6) is 0 Å². The zero-order chi connectivity index (χ0) is 18.1. The first-order chi connectivity index (χ1) is 11.9. The highest BCUT2D eigenvalue weighted by atomic mass is 16.6. The highest BCUT2D eigenvalue weighted by Crippen LogP contribution is 2.39. The summed E-state index contributed by atoms with van der Waals surface area (Å²) >= 11 is 0. The van der Waals surface area contributed by atoms with Crippen LogP contribution in [0.1, 0.15) is 17.7 Å². The number of hydrogen-bond donors (Lipinski definition) is 1. The Morgan fingerprint density at radius 1 is 1.20 bits per heavy atom. The van der Waals surface area contributed by atoms with E-state index in [1.165, 1.54) is 6.07 Å². The minimum absolute atomic E-state index is 0.0127. The summed E-state index contributed by atoms with van der Waals surface area (Å²) in [7, 11) is 1.86. The second-order valence-electron chi connectivity index (χ2n) is 6.00. The van der Waals surface area contributed by atoms with Gasteiger partial charge in [0.25, 0.3) is 5.69 Å². The third-order valence-corrected chi connectivity index (χ3v) is 4.60. The molecule has 1 aromatic heterocycles. The first kappa shape index (κ1) is 16.7. The summed E-state index contributed by atoms with van der Waals surface area (Å²) in [4.78, 5) is 22.1. The van der Waals surface area contributed by atoms with Crippen molar-refractivity contribution in [1.82, 2.24) is 4.57 Å². The first-order valence-electron chi connectivity index (χ1n) is 7.94. The van der Waals surface area contributed by atoms with Crippen molar-refractivity contribution in [3.63, 3.8) is 0 Å². The number of benzene rings is 2. The molecular weight excluding hydrogens is 320 g/mol. The van der Waals surface area contributed by atoms with E-state index in [4.69, 9.17) is 5.11 Å². The van der Waals surface area contributed by atoms with Crippen LogP contribution in [0.2, 0.25) is 0 Å². The highest BCUT2D eigenvalue weighted by molar-refractivity contribution is 6.03. The van der Waals surface area contributed by atoms with E-state index >= 15 is 0 Å². The lowest BCUT2D eigenvalue weighted by Gasteiger charge is -2.07. The van der Waals surface area contributed by atoms with E-state index in [0.29, 0.717) is 5.39 Å². The molecule has 0 radical (unpaired) electrons. The monoisotopic (exact) mass is 338 g/mol. The molecule has 0 aliphatic carbocycles. The Morgan fingerprint density at radius 2 is 1.88 bits per heavy atom. The first-order valence-corrected chi connectivity index (χ1v) is 7.94. The number of nitro groups is 1. The number of carbonyl (C=O) groups is 1. The van der Waals surface area contributed by atoms with Crippen LogP contribution in [-0.4, -0.2) is 20.6 Å². The molecule has 0 unspecified atom stereocenters. The molecule has 0 fully saturated rings. The number of aryl methyl sites for hydroxylation is 2. The van der Waals surface area contributed by atoms with Crippen LogP contribution in [0.3, 0.4) is 0 Å². The molecule has 0 bridgehead atoms. The Labute approximate surface area is 144 Å². The summed E-state index contributed by atoms with van der Waals surface area (Å²) in [6.45, 7) is 1.87. The van der Waals surface area contributed by atoms with Gasteiger partial charge in [-0.1, -0.05) is 30.3 Å². The second kappa shape index (κ2) is 6.39. The largest absolute Gasteiger partial charge is 0.481 e. The van der Waals surface area contributed by atoms with Gasteiger partial charge < -0.3 is 9.67 Å². The van der Waals surface area contributed by atoms with Crippen LogP contribution >= 0.6 is 0 Å². The van der Waals surface area contributed by atoms with Gasteiger partial charge in [-0.3, -0.25) is 14.9 Å². The number of rotatable bonds is 5. The number of carboxylic acids is 1. The number of hydrogen-bond acceptors (Lipinski definition) is 3. The number of carboxylic acid groups (broad SMARTS) is 1. The van der Waals surface area contributed by atoms with Gasteiger partial charge in [0, 0.05) is 30.8 Å². The fraction of sp³-hybridized carbons (Fsp3) is 0.211. The van der Waals surface area contributed by atoms with Gasteiger partial charge in [-0.25, -0.2) is 0 Å². The molecule has 0 atom stereocenters. The maximum Gasteiger partial charge on any atom is 0.303 e. The van der Waals surface area contributed by atoms with Crippen LogP contribution in [0.25, 0.3) is 22.0 Å². The van der Waals surface area contributed by atoms with E-state index in [9.17, 15) is 14.9 Å². The van der Waals surface area contributed by atoms with E-state index < -0.39 is 10.9 Å². The smallest absolute Gasteiger partial charge is 0.303 e. The molecule has 2 aromatic carbocycles. The molecule has 3 rings (SSSR count). The summed E-state index contributed by atoms with van der Waals surface area (Å²) in [5, 5.41) is 21.1. The van der Waals surface area contributed by atoms with E-state index in [2.05, 4.69) is 0 Å². The Morgan fingerprint density at radius 3 is 2.48 bits per heavy atom. The van der Waals surface area contributed by atoms with Crippen molar-refractivity contribution in [1.29, 1.82) is 0 Å². The lowest BCUT2D eigenvalue weighted by Crippen LogP contribution is -1.99. The molecule has 6 heteroatoms. The molecule has 6 nitrogen and oxygen atoms in total. The second-order valence-corrected chi connectivity index (χ2v) is 6.00. The van der Waals surface area contributed by atoms with Crippen LogP contribution in [0.4, 0.5) is 5.69 Å². The van der Waals surface area contributed by atoms with Crippen molar-refractivity contribution in [3.8, 4) is 11.1 Å². The van der Waals surface area contributed by atoms with Gasteiger partial charge in [-0.15, -0.1) is 0 Å². The summed E-state index contributed by atoms with van der Waals surface area (Å²) in [5.74, 6) is -0.918. The molecule has 3 aromatic rings. The Kier molecular flexibility index (Phi) is 4.27. The van der Waals surface area contributed by atoms with E-state index in [-0.39, 0.29) is 18.5 Å². The van der Waals surface area contributed by atoms with Crippen LogP contribution < -0.4 is 0 Å². The Bertz CT molecular complexity index is 974. The number of nitrogens with zero attached hydrogens (tertiary/aromatic N) is 2. The standard InChI is InChI=1S/C19H18N2O4/c1-12-14(9-11-17(22)23)18-16(21(24)25)10-8-15(19(18)20(12)2)13-6-4-3-5-7-13/h3-8,10H,9,11H2,1-2H3,(H,22,23). The van der Waals surface area contributed by atoms with Gasteiger partial charge in [0.05, 0.1) is 15.8 Å². The van der Waals surface area contributed by atoms with Gasteiger partial charge >= 0.3 is 5.97 Å². The summed E-state index contributed by atoms with van der Waals surface area (Å²) in [5.41, 5.74) is 4.21. The summed E-state index contributed by atoms with van der Waals surface area (Å²) in [6, 6.07) is 12.9. The minimum Gasteiger partial charge on any atom is -0.481 e. The van der Waals surface area contributed by atoms with Crippen molar-refractivity contribution in [3.05, 3.63) is 63.8 Å². The van der Waals surface area contributed by atoms with E-state index in [1.807, 2.05) is 48.9 Å². The predicted octanol–water partition coefficient (Wildman–Crippen LogP) is 4.08. The van der Waals surface area contributed by atoms with E-state index in [1.54, 1.807) is 6.07 Å². The minimum atomic E-state index is -0.918. The number of aromatic nitrogens is 1. The topological polar surface area (TPSA) is 85.4 Å². The van der Waals surface area contributed by atoms with Crippen LogP contribution in [0, 0.1) is 17.0 Å². The number of fused-ring (bicyclic) bond motifs is 1. The third kappa shape index (κ3) is 2.87. The molecule has 25 heavy (non-hydrogen) atoms. The maximum atomic E-state index is 11.6. The molecular formula is C19H18N2O4. The van der Waals surface area contributed by atoms with Crippen molar-refractivity contribution < 1.29 is 14.8 Å². The Balaban J connectivity index is 2.36. The summed E-state index contributed by atoms with van der Waals surface area (Å²) < 4.78 is 1.92. The predicted molar refractivity (Wildman–Crippen MR) is 95.7 cm³/mol. The molecule has 1 N–H and O–H groups in total. The Hall–Kier alpha value is -3.15. The van der Waals surface area contributed by atoms with Gasteiger partial charge in [-0.2, -0.15) is 0 Å². The molecule has 128 valence electrons. The van der Waals surface area contributed by atoms with Gasteiger partial charge in [0.2, 0.25) is 0 Å². The number of non-ortho nitro benzene ring substituents is 1. The number of aliphatic carboxylic acids is 1. The SMILES string of the molecule is Cc1c(CCC(=O)O)c2c([N+](=O)[O-])ccc(-c3ccccc3)c2n1C. The van der Waals surface area contributed by atoms with Crippen LogP contribution in [0.15, 0.2) is 42.5 Å². The maximum absolute atomic E-state index is 11.6. The average Bonchev–Trinajstić information content (AvgIpc) is 2.84. The average molecular weight is 338 g/mol. The van der Waals surface area contributed by atoms with Gasteiger partial charge in [0.15, 0.2) is 0 Å². The molecule has 0 saturated carbocycles. The lowest BCUT2D eigenvalue weighted by molar-refractivity contribution is -0.383. The highest BCUT2D eigenvalue weighted by Gasteiger charge is 2.24. The zero-order valence-corrected chi connectivity index (χ0v) is 14.0. The van der Waals surface area contributed by atoms with Gasteiger partial charge in [-0.05, 0) is 30.5 Å². The quantitative estimate of drug-likeness (QED) is 0.561. The van der Waals surface area contributed by atoms with Crippen molar-refractivity contribution >= 4 is 22.6 Å². The fourth-order valence-electron chi connectivity index (χ4n) is 3.32. The van der Waals surface area contributed by atoms with Crippen molar-refractivity contribution in [2.45, 2.75) is 19.8 Å². The fourth-order valence-corrected chi connectivity index (χ4v) is 3.32. The molecule has 0 aliphatic rings. The van der Waals surface area contributed by atoms with Crippen molar-refractivity contribution in [2.75, 3.05) is 0 Å². The molecule has 0 aliphatic heterocycles. The molecule has 1 heterocycles. The van der Waals surface area contributed by atoms with Crippen LogP contribution in [-0.2, 0) is 18.3 Å². The normalized spacial score (nSPS) is 11.0. The van der Waals surface area contributed by atoms with Crippen molar-refractivity contribution in [2.24, 2.45) is 7.05 Å². The molecule has 0 saturated heterocycles.